The molecule has 4 aliphatic rings. The number of benzene rings is 8. The van der Waals surface area contributed by atoms with Gasteiger partial charge in [-0.15, -0.1) is 0 Å². The smallest absolute Gasteiger partial charge is 0.252 e. The van der Waals surface area contributed by atoms with Crippen molar-refractivity contribution in [2.24, 2.45) is 0 Å². The summed E-state index contributed by atoms with van der Waals surface area (Å²) in [6.45, 7) is 9.35. The largest absolute Gasteiger partial charge is 0.458 e. The van der Waals surface area contributed by atoms with Crippen LogP contribution in [0.2, 0.25) is 0 Å². The molecule has 4 aliphatic heterocycles. The lowest BCUT2D eigenvalue weighted by atomic mass is 9.32. The molecule has 50 heavy (non-hydrogen) atoms. The van der Waals surface area contributed by atoms with Crippen molar-refractivity contribution in [3.8, 4) is 45.3 Å². The highest BCUT2D eigenvalue weighted by atomic mass is 16.5. The van der Waals surface area contributed by atoms with E-state index >= 15 is 0 Å². The second-order valence-electron chi connectivity index (χ2n) is 15.5. The van der Waals surface area contributed by atoms with Crippen LogP contribution in [0.15, 0.2) is 109 Å². The average molecular weight is 638 g/mol. The van der Waals surface area contributed by atoms with Gasteiger partial charge in [-0.2, -0.15) is 0 Å². The molecule has 0 unspecified atom stereocenters. The van der Waals surface area contributed by atoms with E-state index < -0.39 is 0 Å². The fourth-order valence-corrected chi connectivity index (χ4v) is 9.99. The van der Waals surface area contributed by atoms with E-state index in [0.29, 0.717) is 11.8 Å². The van der Waals surface area contributed by atoms with Crippen molar-refractivity contribution in [3.63, 3.8) is 0 Å². The Morgan fingerprint density at radius 3 is 1.28 bits per heavy atom. The SMILES string of the molecule is CC(C)c1cc2c3c(c1)-c1ccc4cc5c6c(ccc7cc(c1c4c76)B3c1ccccc1O2)-c1cc(C(C)C)cc2c1B5c1ccccc1O2. The van der Waals surface area contributed by atoms with Crippen molar-refractivity contribution >= 4 is 78.5 Å². The number of para-hydroxylation sites is 2. The van der Waals surface area contributed by atoms with Crippen LogP contribution in [0.25, 0.3) is 54.6 Å². The zero-order valence-corrected chi connectivity index (χ0v) is 28.5. The van der Waals surface area contributed by atoms with E-state index in [4.69, 9.17) is 9.47 Å². The molecule has 0 spiro atoms. The summed E-state index contributed by atoms with van der Waals surface area (Å²) in [7, 11) is 0. The van der Waals surface area contributed by atoms with E-state index in [-0.39, 0.29) is 13.4 Å². The first-order valence-electron chi connectivity index (χ1n) is 18.1. The summed E-state index contributed by atoms with van der Waals surface area (Å²) in [5.74, 6) is 4.73. The minimum Gasteiger partial charge on any atom is -0.458 e. The Morgan fingerprint density at radius 2 is 0.840 bits per heavy atom. The van der Waals surface area contributed by atoms with Crippen LogP contribution >= 0.6 is 0 Å². The molecule has 2 nitrogen and oxygen atoms in total. The van der Waals surface area contributed by atoms with E-state index in [1.54, 1.807) is 0 Å². The van der Waals surface area contributed by atoms with Gasteiger partial charge in [0.15, 0.2) is 0 Å². The summed E-state index contributed by atoms with van der Waals surface area (Å²) < 4.78 is 13.5. The standard InChI is InChI=1S/C46H32B2O2/c1-23(2)27-17-31-29-15-13-25-20-36-44-30(32-18-28(24(3)4)22-40-46(32)48(36)34-10-6-8-12-38(34)50-40)16-14-26-19-35(43(29)41(25)42(26)44)47-33-9-5-7-11-37(33)49-39(21-27)45(31)47/h5-24H,1-4H3. The van der Waals surface area contributed by atoms with Gasteiger partial charge in [-0.1, -0.05) is 124 Å². The van der Waals surface area contributed by atoms with Crippen molar-refractivity contribution in [3.05, 3.63) is 120 Å². The highest BCUT2D eigenvalue weighted by Gasteiger charge is 2.43. The molecule has 8 aromatic carbocycles. The maximum Gasteiger partial charge on any atom is 0.252 e. The van der Waals surface area contributed by atoms with Gasteiger partial charge in [0, 0.05) is 0 Å². The molecule has 8 aromatic rings. The van der Waals surface area contributed by atoms with E-state index in [9.17, 15) is 0 Å². The first-order chi connectivity index (χ1) is 24.4. The highest BCUT2D eigenvalue weighted by molar-refractivity contribution is 7.01. The zero-order valence-electron chi connectivity index (χ0n) is 28.5. The average Bonchev–Trinajstić information content (AvgIpc) is 3.13. The van der Waals surface area contributed by atoms with Crippen molar-refractivity contribution in [1.82, 2.24) is 0 Å². The molecule has 4 heterocycles. The first-order valence-corrected chi connectivity index (χ1v) is 18.1. The first kappa shape index (κ1) is 27.4. The van der Waals surface area contributed by atoms with Gasteiger partial charge >= 0.3 is 0 Å². The summed E-state index contributed by atoms with van der Waals surface area (Å²) in [4.78, 5) is 0. The molecule has 0 amide bonds. The van der Waals surface area contributed by atoms with Gasteiger partial charge < -0.3 is 9.47 Å². The molecule has 12 rings (SSSR count). The summed E-state index contributed by atoms with van der Waals surface area (Å²) >= 11 is 0. The van der Waals surface area contributed by atoms with Crippen LogP contribution in [0, 0.1) is 0 Å². The van der Waals surface area contributed by atoms with Crippen LogP contribution in [-0.2, 0) is 0 Å². The Bertz CT molecular complexity index is 2650. The molecule has 234 valence electrons. The van der Waals surface area contributed by atoms with Gasteiger partial charge in [0.1, 0.15) is 23.0 Å². The molecule has 0 atom stereocenters. The Morgan fingerprint density at radius 1 is 0.400 bits per heavy atom. The summed E-state index contributed by atoms with van der Waals surface area (Å²) in [6.07, 6.45) is 0. The second kappa shape index (κ2) is 9.20. The predicted octanol–water partition coefficient (Wildman–Crippen LogP) is 8.04. The maximum atomic E-state index is 6.73. The molecule has 0 aliphatic carbocycles. The van der Waals surface area contributed by atoms with E-state index in [2.05, 4.69) is 137 Å². The predicted molar refractivity (Wildman–Crippen MR) is 212 cm³/mol. The Balaban J connectivity index is 1.26. The van der Waals surface area contributed by atoms with E-state index in [1.165, 1.54) is 98.5 Å². The number of ether oxygens (including phenoxy) is 2. The number of fused-ring (bicyclic) bond motifs is 8. The molecule has 0 fully saturated rings. The minimum absolute atomic E-state index is 0.110. The van der Waals surface area contributed by atoms with Crippen LogP contribution in [0.4, 0.5) is 0 Å². The summed E-state index contributed by atoms with van der Waals surface area (Å²) in [5.41, 5.74) is 15.8. The molecule has 0 saturated heterocycles. The van der Waals surface area contributed by atoms with Crippen LogP contribution in [-0.4, -0.2) is 13.4 Å². The third-order valence-electron chi connectivity index (χ3n) is 12.3. The quantitative estimate of drug-likeness (QED) is 0.141. The lowest BCUT2D eigenvalue weighted by Gasteiger charge is -2.37. The van der Waals surface area contributed by atoms with Gasteiger partial charge in [-0.3, -0.25) is 0 Å². The summed E-state index contributed by atoms with van der Waals surface area (Å²) in [5, 5.41) is 8.21. The van der Waals surface area contributed by atoms with Crippen molar-refractivity contribution < 1.29 is 9.47 Å². The third kappa shape index (κ3) is 3.24. The van der Waals surface area contributed by atoms with Gasteiger partial charge in [0.2, 0.25) is 0 Å². The lowest BCUT2D eigenvalue weighted by molar-refractivity contribution is 0.486. The van der Waals surface area contributed by atoms with Crippen molar-refractivity contribution in [2.45, 2.75) is 39.5 Å². The zero-order chi connectivity index (χ0) is 33.2. The van der Waals surface area contributed by atoms with Crippen LogP contribution in [0.1, 0.15) is 50.7 Å². The Labute approximate surface area is 292 Å². The molecule has 4 heteroatoms. The normalized spacial score (nSPS) is 14.2. The van der Waals surface area contributed by atoms with Gasteiger partial charge in [-0.25, -0.2) is 0 Å². The van der Waals surface area contributed by atoms with Gasteiger partial charge in [0.05, 0.1) is 0 Å². The lowest BCUT2D eigenvalue weighted by Crippen LogP contribution is -2.58. The molecule has 0 aromatic heterocycles. The molecular weight excluding hydrogens is 606 g/mol. The Hall–Kier alpha value is -5.47. The summed E-state index contributed by atoms with van der Waals surface area (Å²) in [6, 6.07) is 41.4. The maximum absolute atomic E-state index is 6.73. The number of rotatable bonds is 2. The van der Waals surface area contributed by atoms with Gasteiger partial charge in [0.25, 0.3) is 13.4 Å². The second-order valence-corrected chi connectivity index (χ2v) is 15.5. The fraction of sp³-hybridized carbons (Fsp3) is 0.130. The van der Waals surface area contributed by atoms with Gasteiger partial charge in [-0.05, 0) is 124 Å². The highest BCUT2D eigenvalue weighted by Crippen LogP contribution is 2.47. The molecule has 0 N–H and O–H groups in total. The van der Waals surface area contributed by atoms with Crippen LogP contribution in [0.3, 0.4) is 0 Å². The van der Waals surface area contributed by atoms with Crippen molar-refractivity contribution in [2.75, 3.05) is 0 Å². The fourth-order valence-electron chi connectivity index (χ4n) is 9.99. The molecule has 0 radical (unpaired) electrons. The van der Waals surface area contributed by atoms with Crippen molar-refractivity contribution in [1.29, 1.82) is 0 Å². The molecule has 0 bridgehead atoms. The minimum atomic E-state index is 0.110. The Kier molecular flexibility index (Phi) is 5.03. The topological polar surface area (TPSA) is 18.5 Å². The van der Waals surface area contributed by atoms with Crippen LogP contribution in [0.5, 0.6) is 23.0 Å². The molecular formula is C46H32B2O2. The van der Waals surface area contributed by atoms with E-state index in [1.807, 2.05) is 0 Å². The van der Waals surface area contributed by atoms with E-state index in [0.717, 1.165) is 23.0 Å². The monoisotopic (exact) mass is 638 g/mol. The van der Waals surface area contributed by atoms with Crippen LogP contribution < -0.4 is 42.3 Å². The third-order valence-corrected chi connectivity index (χ3v) is 12.3. The number of hydrogen-bond donors (Lipinski definition) is 0. The molecule has 0 saturated carbocycles. The number of hydrogen-bond acceptors (Lipinski definition) is 2.